The number of hydrogen-bond donors (Lipinski definition) is 2. The number of carbonyl (C=O) groups excluding carboxylic acids is 2. The van der Waals surface area contributed by atoms with Gasteiger partial charge < -0.3 is 15.0 Å². The van der Waals surface area contributed by atoms with Crippen molar-refractivity contribution in [2.45, 2.75) is 6.42 Å². The van der Waals surface area contributed by atoms with Gasteiger partial charge in [-0.3, -0.25) is 14.5 Å². The fraction of sp³-hybridized carbons (Fsp3) is 0.174. The standard InChI is InChI=1S/C23H21N3O3S2/c1-29-17-6-4-5-15(11-17)12-20-22(28)26(23(30)31-20)14-21(27)24-10-9-16-13-25-19-8-3-2-7-18(16)19/h2-8,11-13,25H,9-10,14H2,1H3,(H,24,27). The first-order valence-electron chi connectivity index (χ1n) is 9.76. The van der Waals surface area contributed by atoms with Gasteiger partial charge in [-0.1, -0.05) is 54.3 Å². The molecule has 6 nitrogen and oxygen atoms in total. The topological polar surface area (TPSA) is 74.4 Å². The number of methoxy groups -OCH3 is 1. The van der Waals surface area contributed by atoms with Crippen molar-refractivity contribution in [2.24, 2.45) is 0 Å². The van der Waals surface area contributed by atoms with E-state index < -0.39 is 0 Å². The van der Waals surface area contributed by atoms with E-state index in [1.165, 1.54) is 16.7 Å². The highest BCUT2D eigenvalue weighted by molar-refractivity contribution is 8.26. The number of amides is 2. The molecule has 2 N–H and O–H groups in total. The van der Waals surface area contributed by atoms with Crippen molar-refractivity contribution < 1.29 is 14.3 Å². The van der Waals surface area contributed by atoms with Gasteiger partial charge in [-0.05, 0) is 41.8 Å². The van der Waals surface area contributed by atoms with Crippen LogP contribution < -0.4 is 10.1 Å². The molecule has 1 aliphatic rings. The SMILES string of the molecule is COc1cccc(C=C2SC(=S)N(CC(=O)NCCc3c[nH]c4ccccc34)C2=O)c1. The number of aromatic amines is 1. The van der Waals surface area contributed by atoms with Gasteiger partial charge in [-0.25, -0.2) is 0 Å². The zero-order valence-corrected chi connectivity index (χ0v) is 18.5. The average Bonchev–Trinajstić information content (AvgIpc) is 3.30. The van der Waals surface area contributed by atoms with E-state index in [0.29, 0.717) is 27.9 Å². The lowest BCUT2D eigenvalue weighted by Crippen LogP contribution is -2.40. The van der Waals surface area contributed by atoms with Gasteiger partial charge in [0.25, 0.3) is 5.91 Å². The molecule has 0 radical (unpaired) electrons. The van der Waals surface area contributed by atoms with Crippen molar-refractivity contribution in [3.8, 4) is 5.75 Å². The number of fused-ring (bicyclic) bond motifs is 1. The van der Waals surface area contributed by atoms with E-state index in [-0.39, 0.29) is 18.4 Å². The molecule has 158 valence electrons. The molecular weight excluding hydrogens is 430 g/mol. The lowest BCUT2D eigenvalue weighted by atomic mass is 10.1. The van der Waals surface area contributed by atoms with Crippen molar-refractivity contribution in [1.29, 1.82) is 0 Å². The Morgan fingerprint density at radius 2 is 2.10 bits per heavy atom. The quantitative estimate of drug-likeness (QED) is 0.423. The lowest BCUT2D eigenvalue weighted by Gasteiger charge is -2.14. The van der Waals surface area contributed by atoms with Gasteiger partial charge in [0.15, 0.2) is 0 Å². The minimum atomic E-state index is -0.260. The van der Waals surface area contributed by atoms with Crippen molar-refractivity contribution >= 4 is 57.1 Å². The summed E-state index contributed by atoms with van der Waals surface area (Å²) in [6.07, 6.45) is 4.42. The van der Waals surface area contributed by atoms with E-state index >= 15 is 0 Å². The number of benzene rings is 2. The van der Waals surface area contributed by atoms with Crippen molar-refractivity contribution in [2.75, 3.05) is 20.2 Å². The number of H-pyrrole nitrogens is 1. The maximum absolute atomic E-state index is 12.8. The molecule has 31 heavy (non-hydrogen) atoms. The third kappa shape index (κ3) is 4.81. The highest BCUT2D eigenvalue weighted by Crippen LogP contribution is 2.32. The van der Waals surface area contributed by atoms with Gasteiger partial charge in [-0.2, -0.15) is 0 Å². The molecule has 8 heteroatoms. The molecular formula is C23H21N3O3S2. The van der Waals surface area contributed by atoms with E-state index in [1.54, 1.807) is 13.2 Å². The van der Waals surface area contributed by atoms with Crippen molar-refractivity contribution in [1.82, 2.24) is 15.2 Å². The van der Waals surface area contributed by atoms with Crippen LogP contribution in [-0.2, 0) is 16.0 Å². The Morgan fingerprint density at radius 1 is 1.26 bits per heavy atom. The zero-order chi connectivity index (χ0) is 21.8. The maximum Gasteiger partial charge on any atom is 0.266 e. The van der Waals surface area contributed by atoms with Crippen LogP contribution >= 0.6 is 24.0 Å². The number of thioether (sulfide) groups is 1. The van der Waals surface area contributed by atoms with Crippen LogP contribution in [0.4, 0.5) is 0 Å². The summed E-state index contributed by atoms with van der Waals surface area (Å²) < 4.78 is 5.60. The summed E-state index contributed by atoms with van der Waals surface area (Å²) in [6.45, 7) is 0.392. The smallest absolute Gasteiger partial charge is 0.266 e. The second-order valence-corrected chi connectivity index (χ2v) is 8.68. The monoisotopic (exact) mass is 451 g/mol. The van der Waals surface area contributed by atoms with Crippen molar-refractivity contribution in [3.05, 3.63) is 70.8 Å². The molecule has 4 rings (SSSR count). The molecule has 3 aromatic rings. The first-order chi connectivity index (χ1) is 15.0. The predicted molar refractivity (Wildman–Crippen MR) is 128 cm³/mol. The molecule has 0 saturated carbocycles. The fourth-order valence-corrected chi connectivity index (χ4v) is 4.65. The third-order valence-corrected chi connectivity index (χ3v) is 6.34. The van der Waals surface area contributed by atoms with Crippen molar-refractivity contribution in [3.63, 3.8) is 0 Å². The molecule has 2 aromatic carbocycles. The molecule has 1 fully saturated rings. The minimum Gasteiger partial charge on any atom is -0.497 e. The summed E-state index contributed by atoms with van der Waals surface area (Å²) in [5.41, 5.74) is 3.05. The fourth-order valence-electron chi connectivity index (χ4n) is 3.39. The van der Waals surface area contributed by atoms with Crippen LogP contribution in [-0.4, -0.2) is 46.2 Å². The predicted octanol–water partition coefficient (Wildman–Crippen LogP) is 3.74. The summed E-state index contributed by atoms with van der Waals surface area (Å²) in [4.78, 5) is 30.2. The van der Waals surface area contributed by atoms with Crippen LogP contribution in [0.3, 0.4) is 0 Å². The molecule has 0 spiro atoms. The second-order valence-electron chi connectivity index (χ2n) is 7.00. The Labute approximate surface area is 189 Å². The van der Waals surface area contributed by atoms with Gasteiger partial charge in [0.05, 0.1) is 12.0 Å². The molecule has 0 bridgehead atoms. The molecule has 1 aromatic heterocycles. The maximum atomic E-state index is 12.8. The van der Waals surface area contributed by atoms with Gasteiger partial charge in [-0.15, -0.1) is 0 Å². The van der Waals surface area contributed by atoms with Gasteiger partial charge >= 0.3 is 0 Å². The number of para-hydroxylation sites is 1. The number of thiocarbonyl (C=S) groups is 1. The van der Waals surface area contributed by atoms with E-state index in [4.69, 9.17) is 17.0 Å². The highest BCUT2D eigenvalue weighted by atomic mass is 32.2. The zero-order valence-electron chi connectivity index (χ0n) is 16.9. The van der Waals surface area contributed by atoms with Crippen LogP contribution in [0.1, 0.15) is 11.1 Å². The Bertz CT molecular complexity index is 1190. The molecule has 1 saturated heterocycles. The Morgan fingerprint density at radius 3 is 2.94 bits per heavy atom. The number of aromatic nitrogens is 1. The van der Waals surface area contributed by atoms with Gasteiger partial charge in [0.2, 0.25) is 5.91 Å². The summed E-state index contributed by atoms with van der Waals surface area (Å²) in [5.74, 6) is 0.210. The molecule has 0 unspecified atom stereocenters. The number of carbonyl (C=O) groups is 2. The molecule has 2 heterocycles. The van der Waals surface area contributed by atoms with Crippen LogP contribution in [0.5, 0.6) is 5.75 Å². The molecule has 0 atom stereocenters. The first-order valence-corrected chi connectivity index (χ1v) is 11.0. The largest absolute Gasteiger partial charge is 0.497 e. The van der Waals surface area contributed by atoms with E-state index in [0.717, 1.165) is 22.0 Å². The van der Waals surface area contributed by atoms with Crippen LogP contribution in [0.15, 0.2) is 59.6 Å². The van der Waals surface area contributed by atoms with Crippen LogP contribution in [0.2, 0.25) is 0 Å². The normalized spacial score (nSPS) is 15.1. The second kappa shape index (κ2) is 9.36. The minimum absolute atomic E-state index is 0.0893. The summed E-state index contributed by atoms with van der Waals surface area (Å²) >= 11 is 6.53. The van der Waals surface area contributed by atoms with Crippen LogP contribution in [0, 0.1) is 0 Å². The summed E-state index contributed by atoms with van der Waals surface area (Å²) in [7, 11) is 1.59. The highest BCUT2D eigenvalue weighted by Gasteiger charge is 2.33. The number of ether oxygens (including phenoxy) is 1. The molecule has 0 aliphatic carbocycles. The summed E-state index contributed by atoms with van der Waals surface area (Å²) in [6, 6.07) is 15.5. The van der Waals surface area contributed by atoms with Crippen LogP contribution in [0.25, 0.3) is 17.0 Å². The first kappa shape index (κ1) is 21.1. The van der Waals surface area contributed by atoms with E-state index in [9.17, 15) is 9.59 Å². The number of nitrogens with zero attached hydrogens (tertiary/aromatic N) is 1. The number of rotatable bonds is 7. The number of nitrogens with one attached hydrogen (secondary N) is 2. The average molecular weight is 452 g/mol. The van der Waals surface area contributed by atoms with Gasteiger partial charge in [0.1, 0.15) is 16.6 Å². The number of hydrogen-bond acceptors (Lipinski definition) is 5. The molecule has 2 amide bonds. The summed E-state index contributed by atoms with van der Waals surface area (Å²) in [5, 5.41) is 4.03. The van der Waals surface area contributed by atoms with E-state index in [2.05, 4.69) is 16.4 Å². The van der Waals surface area contributed by atoms with Gasteiger partial charge in [0, 0.05) is 23.6 Å². The van der Waals surface area contributed by atoms with E-state index in [1.807, 2.05) is 48.7 Å². The third-order valence-electron chi connectivity index (χ3n) is 4.96. The Hall–Kier alpha value is -3.10. The molecule has 1 aliphatic heterocycles. The Kier molecular flexibility index (Phi) is 6.39. The Balaban J connectivity index is 1.34. The lowest BCUT2D eigenvalue weighted by molar-refractivity contribution is -0.128.